The topological polar surface area (TPSA) is 61.3 Å². The summed E-state index contributed by atoms with van der Waals surface area (Å²) in [5.74, 6) is 1.97. The molecule has 1 aromatic heterocycles. The van der Waals surface area contributed by atoms with Crippen molar-refractivity contribution in [2.45, 2.75) is 33.6 Å². The highest BCUT2D eigenvalue weighted by Crippen LogP contribution is 2.34. The lowest BCUT2D eigenvalue weighted by Gasteiger charge is -2.11. The summed E-state index contributed by atoms with van der Waals surface area (Å²) in [6, 6.07) is 4.31. The largest absolute Gasteiger partial charge is 0.496 e. The molecule has 0 aliphatic rings. The number of anilines is 1. The molecule has 0 fully saturated rings. The van der Waals surface area contributed by atoms with E-state index in [9.17, 15) is 0 Å². The van der Waals surface area contributed by atoms with E-state index in [0.29, 0.717) is 0 Å². The molecule has 0 unspecified atom stereocenters. The fourth-order valence-corrected chi connectivity index (χ4v) is 2.36. The quantitative estimate of drug-likeness (QED) is 0.914. The molecule has 0 aliphatic heterocycles. The van der Waals surface area contributed by atoms with Gasteiger partial charge in [-0.15, -0.1) is 0 Å². The normalized spacial score (nSPS) is 11.1. The van der Waals surface area contributed by atoms with E-state index in [1.54, 1.807) is 7.11 Å². The van der Waals surface area contributed by atoms with Crippen molar-refractivity contribution in [3.8, 4) is 17.0 Å². The number of benzene rings is 1. The van der Waals surface area contributed by atoms with Gasteiger partial charge in [0, 0.05) is 11.5 Å². The summed E-state index contributed by atoms with van der Waals surface area (Å²) in [7, 11) is 1.68. The van der Waals surface area contributed by atoms with Gasteiger partial charge >= 0.3 is 0 Å². The number of rotatable bonds is 3. The predicted octanol–water partition coefficient (Wildman–Crippen LogP) is 3.67. The second-order valence-corrected chi connectivity index (χ2v) is 5.06. The van der Waals surface area contributed by atoms with Gasteiger partial charge in [0.25, 0.3) is 6.01 Å². The molecule has 0 saturated carbocycles. The Labute approximate surface area is 113 Å². The molecule has 2 N–H and O–H groups in total. The molecule has 0 amide bonds. The van der Waals surface area contributed by atoms with Crippen molar-refractivity contribution >= 4 is 6.01 Å². The zero-order valence-electron chi connectivity index (χ0n) is 12.1. The summed E-state index contributed by atoms with van der Waals surface area (Å²) in [5.41, 5.74) is 9.67. The molecule has 4 heteroatoms. The number of aromatic nitrogens is 1. The second kappa shape index (κ2) is 4.96. The van der Waals surface area contributed by atoms with Crippen LogP contribution in [0.15, 0.2) is 16.5 Å². The van der Waals surface area contributed by atoms with Gasteiger partial charge in [-0.25, -0.2) is 0 Å². The number of oxazole rings is 1. The summed E-state index contributed by atoms with van der Waals surface area (Å²) in [5, 5.41) is 0. The molecular formula is C15H20N2O2. The van der Waals surface area contributed by atoms with E-state index < -0.39 is 0 Å². The van der Waals surface area contributed by atoms with E-state index >= 15 is 0 Å². The van der Waals surface area contributed by atoms with E-state index in [1.165, 1.54) is 0 Å². The smallest absolute Gasteiger partial charge is 0.292 e. The van der Waals surface area contributed by atoms with E-state index in [4.69, 9.17) is 14.9 Å². The van der Waals surface area contributed by atoms with Gasteiger partial charge in [0.1, 0.15) is 17.2 Å². The third kappa shape index (κ3) is 2.43. The van der Waals surface area contributed by atoms with Gasteiger partial charge in [0.15, 0.2) is 0 Å². The van der Waals surface area contributed by atoms with Crippen LogP contribution in [0.4, 0.5) is 6.01 Å². The Balaban J connectivity index is 2.60. The van der Waals surface area contributed by atoms with Crippen LogP contribution in [0.5, 0.6) is 5.75 Å². The molecule has 1 aromatic carbocycles. The number of aryl methyl sites for hydroxylation is 2. The standard InChI is InChI=1S/C15H20N2O2/c1-8(2)13-12(17-15(16)19-13)11-6-9(3)14(18-5)10(4)7-11/h6-8H,1-5H3,(H2,16,17). The average Bonchev–Trinajstić information content (AvgIpc) is 2.71. The van der Waals surface area contributed by atoms with Crippen LogP contribution < -0.4 is 10.5 Å². The molecule has 0 radical (unpaired) electrons. The minimum absolute atomic E-state index is 0.213. The molecule has 102 valence electrons. The third-order valence-electron chi connectivity index (χ3n) is 3.13. The van der Waals surface area contributed by atoms with Crippen LogP contribution >= 0.6 is 0 Å². The maximum atomic E-state index is 5.68. The van der Waals surface area contributed by atoms with Gasteiger partial charge in [-0.05, 0) is 37.1 Å². The predicted molar refractivity (Wildman–Crippen MR) is 76.5 cm³/mol. The first-order valence-corrected chi connectivity index (χ1v) is 6.35. The average molecular weight is 260 g/mol. The Kier molecular flexibility index (Phi) is 3.51. The molecule has 19 heavy (non-hydrogen) atoms. The number of ether oxygens (including phenoxy) is 1. The monoisotopic (exact) mass is 260 g/mol. The van der Waals surface area contributed by atoms with Crippen molar-refractivity contribution in [2.75, 3.05) is 12.8 Å². The maximum absolute atomic E-state index is 5.68. The molecule has 1 heterocycles. The summed E-state index contributed by atoms with van der Waals surface area (Å²) >= 11 is 0. The SMILES string of the molecule is COc1c(C)cc(-c2nc(N)oc2C(C)C)cc1C. The lowest BCUT2D eigenvalue weighted by Crippen LogP contribution is -1.94. The summed E-state index contributed by atoms with van der Waals surface area (Å²) in [6.45, 7) is 8.17. The van der Waals surface area contributed by atoms with Crippen LogP contribution in [0.3, 0.4) is 0 Å². The fourth-order valence-electron chi connectivity index (χ4n) is 2.36. The van der Waals surface area contributed by atoms with Gasteiger partial charge in [-0.2, -0.15) is 4.98 Å². The Bertz CT molecular complexity index is 577. The minimum Gasteiger partial charge on any atom is -0.496 e. The molecule has 0 saturated heterocycles. The van der Waals surface area contributed by atoms with E-state index in [-0.39, 0.29) is 11.9 Å². The van der Waals surface area contributed by atoms with E-state index in [1.807, 2.05) is 13.8 Å². The van der Waals surface area contributed by atoms with Crippen molar-refractivity contribution < 1.29 is 9.15 Å². The number of nitrogens with two attached hydrogens (primary N) is 1. The van der Waals surface area contributed by atoms with Crippen molar-refractivity contribution in [3.63, 3.8) is 0 Å². The van der Waals surface area contributed by atoms with Gasteiger partial charge in [-0.3, -0.25) is 0 Å². The van der Waals surface area contributed by atoms with Crippen molar-refractivity contribution in [3.05, 3.63) is 29.0 Å². The van der Waals surface area contributed by atoms with E-state index in [0.717, 1.165) is 33.9 Å². The van der Waals surface area contributed by atoms with Crippen LogP contribution in [0.2, 0.25) is 0 Å². The van der Waals surface area contributed by atoms with Gasteiger partial charge < -0.3 is 14.9 Å². The molecular weight excluding hydrogens is 240 g/mol. The number of nitrogen functional groups attached to an aromatic ring is 1. The van der Waals surface area contributed by atoms with Crippen LogP contribution in [0, 0.1) is 13.8 Å². The lowest BCUT2D eigenvalue weighted by molar-refractivity contribution is 0.408. The Morgan fingerprint density at radius 3 is 2.26 bits per heavy atom. The summed E-state index contributed by atoms with van der Waals surface area (Å²) in [4.78, 5) is 4.31. The Hall–Kier alpha value is -1.97. The number of methoxy groups -OCH3 is 1. The summed E-state index contributed by atoms with van der Waals surface area (Å²) in [6.07, 6.45) is 0. The molecule has 4 nitrogen and oxygen atoms in total. The molecule has 0 spiro atoms. The van der Waals surface area contributed by atoms with Gasteiger partial charge in [0.05, 0.1) is 7.11 Å². The van der Waals surface area contributed by atoms with Crippen molar-refractivity contribution in [1.29, 1.82) is 0 Å². The maximum Gasteiger partial charge on any atom is 0.292 e. The van der Waals surface area contributed by atoms with Crippen LogP contribution in [0.1, 0.15) is 36.7 Å². The zero-order valence-corrected chi connectivity index (χ0v) is 12.1. The minimum atomic E-state index is 0.213. The molecule has 2 rings (SSSR count). The fraction of sp³-hybridized carbons (Fsp3) is 0.400. The first-order valence-electron chi connectivity index (χ1n) is 6.35. The van der Waals surface area contributed by atoms with Crippen molar-refractivity contribution in [1.82, 2.24) is 4.98 Å². The number of hydrogen-bond acceptors (Lipinski definition) is 4. The number of hydrogen-bond donors (Lipinski definition) is 1. The van der Waals surface area contributed by atoms with Crippen LogP contribution in [-0.4, -0.2) is 12.1 Å². The zero-order chi connectivity index (χ0) is 14.2. The second-order valence-electron chi connectivity index (χ2n) is 5.06. The van der Waals surface area contributed by atoms with Crippen LogP contribution in [-0.2, 0) is 0 Å². The lowest BCUT2D eigenvalue weighted by atomic mass is 10.00. The van der Waals surface area contributed by atoms with Gasteiger partial charge in [0.2, 0.25) is 0 Å². The molecule has 2 aromatic rings. The van der Waals surface area contributed by atoms with Crippen LogP contribution in [0.25, 0.3) is 11.3 Å². The first-order chi connectivity index (χ1) is 8.93. The molecule has 0 bridgehead atoms. The highest BCUT2D eigenvalue weighted by molar-refractivity contribution is 5.67. The highest BCUT2D eigenvalue weighted by atomic mass is 16.5. The molecule has 0 atom stereocenters. The van der Waals surface area contributed by atoms with Gasteiger partial charge in [-0.1, -0.05) is 13.8 Å². The molecule has 0 aliphatic carbocycles. The number of nitrogens with zero attached hydrogens (tertiary/aromatic N) is 1. The Morgan fingerprint density at radius 1 is 1.21 bits per heavy atom. The first kappa shape index (κ1) is 13.5. The summed E-state index contributed by atoms with van der Waals surface area (Å²) < 4.78 is 10.9. The Morgan fingerprint density at radius 2 is 1.79 bits per heavy atom. The third-order valence-corrected chi connectivity index (χ3v) is 3.13. The highest BCUT2D eigenvalue weighted by Gasteiger charge is 2.18. The van der Waals surface area contributed by atoms with Crippen molar-refractivity contribution in [2.24, 2.45) is 0 Å². The van der Waals surface area contributed by atoms with E-state index in [2.05, 4.69) is 31.0 Å².